The Morgan fingerprint density at radius 2 is 1.52 bits per heavy atom. The first kappa shape index (κ1) is 19.0. The third-order valence-corrected chi connectivity index (χ3v) is 4.33. The Morgan fingerprint density at radius 1 is 0.880 bits per heavy atom. The summed E-state index contributed by atoms with van der Waals surface area (Å²) in [6.45, 7) is 2.24. The summed E-state index contributed by atoms with van der Waals surface area (Å²) in [6, 6.07) is 14.0. The monoisotopic (exact) mass is 340 g/mol. The largest absolute Gasteiger partial charge is 0.507 e. The number of esters is 1. The lowest BCUT2D eigenvalue weighted by Crippen LogP contribution is -2.08. The molecule has 0 aliphatic rings. The van der Waals surface area contributed by atoms with Crippen molar-refractivity contribution in [3.05, 3.63) is 59.7 Å². The number of carbonyl (C=O) groups excluding carboxylic acids is 1. The molecule has 3 heteroatoms. The van der Waals surface area contributed by atoms with Crippen LogP contribution in [0.25, 0.3) is 0 Å². The van der Waals surface area contributed by atoms with Crippen molar-refractivity contribution >= 4 is 5.97 Å². The van der Waals surface area contributed by atoms with Crippen LogP contribution in [0.15, 0.2) is 48.5 Å². The minimum absolute atomic E-state index is 0.0666. The topological polar surface area (TPSA) is 46.5 Å². The molecule has 3 nitrogen and oxygen atoms in total. The predicted molar refractivity (Wildman–Crippen MR) is 101 cm³/mol. The van der Waals surface area contributed by atoms with Crippen LogP contribution in [-0.4, -0.2) is 11.1 Å². The van der Waals surface area contributed by atoms with Gasteiger partial charge < -0.3 is 9.84 Å². The van der Waals surface area contributed by atoms with E-state index in [-0.39, 0.29) is 11.3 Å². The third kappa shape index (κ3) is 6.61. The Morgan fingerprint density at radius 3 is 2.20 bits per heavy atom. The second-order valence-corrected chi connectivity index (χ2v) is 6.42. The zero-order chi connectivity index (χ0) is 17.9. The van der Waals surface area contributed by atoms with Gasteiger partial charge >= 0.3 is 5.97 Å². The molecule has 0 bridgehead atoms. The molecule has 25 heavy (non-hydrogen) atoms. The highest BCUT2D eigenvalue weighted by molar-refractivity contribution is 5.93. The van der Waals surface area contributed by atoms with Gasteiger partial charge in [-0.2, -0.15) is 0 Å². The number of unbranched alkanes of at least 4 members (excludes halogenated alkanes) is 6. The summed E-state index contributed by atoms with van der Waals surface area (Å²) in [6.07, 6.45) is 10.2. The van der Waals surface area contributed by atoms with E-state index in [1.807, 2.05) is 24.3 Å². The maximum absolute atomic E-state index is 12.1. The van der Waals surface area contributed by atoms with Crippen LogP contribution >= 0.6 is 0 Å². The first-order chi connectivity index (χ1) is 12.2. The van der Waals surface area contributed by atoms with E-state index in [0.717, 1.165) is 6.42 Å². The fourth-order valence-corrected chi connectivity index (χ4v) is 2.82. The van der Waals surface area contributed by atoms with Gasteiger partial charge in [-0.15, -0.1) is 0 Å². The number of hydrogen-bond donors (Lipinski definition) is 1. The first-order valence-corrected chi connectivity index (χ1v) is 9.30. The minimum Gasteiger partial charge on any atom is -0.507 e. The molecular formula is C22H28O3. The van der Waals surface area contributed by atoms with Crippen molar-refractivity contribution in [3.8, 4) is 11.5 Å². The number of para-hydroxylation sites is 1. The zero-order valence-corrected chi connectivity index (χ0v) is 15.0. The fourth-order valence-electron chi connectivity index (χ4n) is 2.82. The number of benzene rings is 2. The first-order valence-electron chi connectivity index (χ1n) is 9.30. The number of aryl methyl sites for hydroxylation is 1. The average Bonchev–Trinajstić information content (AvgIpc) is 2.62. The van der Waals surface area contributed by atoms with E-state index in [1.165, 1.54) is 56.6 Å². The maximum atomic E-state index is 12.1. The van der Waals surface area contributed by atoms with Crippen LogP contribution in [0.5, 0.6) is 11.5 Å². The van der Waals surface area contributed by atoms with Crippen molar-refractivity contribution in [2.75, 3.05) is 0 Å². The molecule has 0 heterocycles. The molecule has 0 amide bonds. The van der Waals surface area contributed by atoms with E-state index in [2.05, 4.69) is 6.92 Å². The number of rotatable bonds is 10. The molecule has 2 aromatic carbocycles. The van der Waals surface area contributed by atoms with E-state index in [4.69, 9.17) is 4.74 Å². The molecule has 0 radical (unpaired) electrons. The van der Waals surface area contributed by atoms with Gasteiger partial charge in [0.15, 0.2) is 0 Å². The van der Waals surface area contributed by atoms with Gasteiger partial charge in [0.05, 0.1) is 0 Å². The molecule has 0 spiro atoms. The Bertz CT molecular complexity index is 647. The standard InChI is InChI=1S/C22H28O3/c1-2-3-4-5-6-7-8-11-18-14-16-19(17-15-18)25-22(24)20-12-9-10-13-21(20)23/h9-10,12-17,23H,2-8,11H2,1H3. The smallest absolute Gasteiger partial charge is 0.347 e. The van der Waals surface area contributed by atoms with Gasteiger partial charge in [0.2, 0.25) is 0 Å². The van der Waals surface area contributed by atoms with Crippen LogP contribution in [-0.2, 0) is 6.42 Å². The van der Waals surface area contributed by atoms with Crippen LogP contribution in [0.2, 0.25) is 0 Å². The predicted octanol–water partition coefficient (Wildman–Crippen LogP) is 5.90. The number of hydrogen-bond acceptors (Lipinski definition) is 3. The van der Waals surface area contributed by atoms with Crippen LogP contribution in [0.1, 0.15) is 67.8 Å². The summed E-state index contributed by atoms with van der Waals surface area (Å²) >= 11 is 0. The molecule has 2 rings (SSSR count). The second-order valence-electron chi connectivity index (χ2n) is 6.42. The van der Waals surface area contributed by atoms with Gasteiger partial charge in [0, 0.05) is 0 Å². The van der Waals surface area contributed by atoms with E-state index in [1.54, 1.807) is 18.2 Å². The average molecular weight is 340 g/mol. The number of ether oxygens (including phenoxy) is 1. The molecule has 134 valence electrons. The van der Waals surface area contributed by atoms with Crippen LogP contribution in [0.3, 0.4) is 0 Å². The molecule has 0 saturated heterocycles. The molecule has 1 N–H and O–H groups in total. The number of phenolic OH excluding ortho intramolecular Hbond substituents is 1. The van der Waals surface area contributed by atoms with Crippen molar-refractivity contribution in [1.29, 1.82) is 0 Å². The maximum Gasteiger partial charge on any atom is 0.347 e. The lowest BCUT2D eigenvalue weighted by atomic mass is 10.0. The summed E-state index contributed by atoms with van der Waals surface area (Å²) < 4.78 is 5.32. The van der Waals surface area contributed by atoms with Gasteiger partial charge in [0.1, 0.15) is 17.1 Å². The Balaban J connectivity index is 1.74. The van der Waals surface area contributed by atoms with E-state index in [9.17, 15) is 9.90 Å². The lowest BCUT2D eigenvalue weighted by Gasteiger charge is -2.07. The highest BCUT2D eigenvalue weighted by Crippen LogP contribution is 2.20. The molecule has 0 fully saturated rings. The quantitative estimate of drug-likeness (QED) is 0.332. The Kier molecular flexibility index (Phi) is 8.03. The normalized spacial score (nSPS) is 10.6. The van der Waals surface area contributed by atoms with E-state index >= 15 is 0 Å². The Hall–Kier alpha value is -2.29. The Labute approximate surface area is 150 Å². The van der Waals surface area contributed by atoms with Crippen molar-refractivity contribution in [1.82, 2.24) is 0 Å². The number of carbonyl (C=O) groups is 1. The highest BCUT2D eigenvalue weighted by atomic mass is 16.5. The van der Waals surface area contributed by atoms with Gasteiger partial charge in [-0.05, 0) is 42.7 Å². The van der Waals surface area contributed by atoms with Gasteiger partial charge in [-0.25, -0.2) is 4.79 Å². The van der Waals surface area contributed by atoms with E-state index in [0.29, 0.717) is 5.75 Å². The molecule has 0 saturated carbocycles. The molecule has 0 aromatic heterocycles. The third-order valence-electron chi connectivity index (χ3n) is 4.33. The molecular weight excluding hydrogens is 312 g/mol. The van der Waals surface area contributed by atoms with Crippen molar-refractivity contribution in [3.63, 3.8) is 0 Å². The summed E-state index contributed by atoms with van der Waals surface area (Å²) in [4.78, 5) is 12.1. The van der Waals surface area contributed by atoms with Crippen LogP contribution in [0.4, 0.5) is 0 Å². The molecule has 0 unspecified atom stereocenters. The van der Waals surface area contributed by atoms with Crippen LogP contribution < -0.4 is 4.74 Å². The summed E-state index contributed by atoms with van der Waals surface area (Å²) in [5.41, 5.74) is 1.44. The minimum atomic E-state index is -0.544. The molecule has 0 aliphatic carbocycles. The van der Waals surface area contributed by atoms with Crippen molar-refractivity contribution in [2.24, 2.45) is 0 Å². The van der Waals surface area contributed by atoms with Gasteiger partial charge in [-0.1, -0.05) is 69.7 Å². The summed E-state index contributed by atoms with van der Waals surface area (Å²) in [7, 11) is 0. The van der Waals surface area contributed by atoms with Crippen molar-refractivity contribution in [2.45, 2.75) is 58.3 Å². The number of phenols is 1. The fraction of sp³-hybridized carbons (Fsp3) is 0.409. The summed E-state index contributed by atoms with van der Waals surface area (Å²) in [5, 5.41) is 9.69. The van der Waals surface area contributed by atoms with Crippen molar-refractivity contribution < 1.29 is 14.6 Å². The van der Waals surface area contributed by atoms with Gasteiger partial charge in [0.25, 0.3) is 0 Å². The molecule has 2 aromatic rings. The SMILES string of the molecule is CCCCCCCCCc1ccc(OC(=O)c2ccccc2O)cc1. The van der Waals surface area contributed by atoms with E-state index < -0.39 is 5.97 Å². The molecule has 0 aliphatic heterocycles. The lowest BCUT2D eigenvalue weighted by molar-refractivity contribution is 0.0731. The number of aromatic hydroxyl groups is 1. The highest BCUT2D eigenvalue weighted by Gasteiger charge is 2.12. The second kappa shape index (κ2) is 10.5. The van der Waals surface area contributed by atoms with Gasteiger partial charge in [-0.3, -0.25) is 0 Å². The zero-order valence-electron chi connectivity index (χ0n) is 15.0. The molecule has 0 atom stereocenters. The summed E-state index contributed by atoms with van der Waals surface area (Å²) in [5.74, 6) is -0.113. The van der Waals surface area contributed by atoms with Crippen LogP contribution in [0, 0.1) is 0 Å².